The summed E-state index contributed by atoms with van der Waals surface area (Å²) >= 11 is 1.84. The van der Waals surface area contributed by atoms with Crippen LogP contribution < -0.4 is 4.90 Å². The lowest BCUT2D eigenvalue weighted by Crippen LogP contribution is -2.14. The highest BCUT2D eigenvalue weighted by Crippen LogP contribution is 2.52. The maximum atomic E-state index is 3.67. The van der Waals surface area contributed by atoms with E-state index in [1.807, 2.05) is 11.8 Å². The van der Waals surface area contributed by atoms with Crippen LogP contribution >= 0.6 is 11.8 Å². The van der Waals surface area contributed by atoms with Gasteiger partial charge in [0.25, 0.3) is 0 Å². The van der Waals surface area contributed by atoms with Crippen molar-refractivity contribution in [1.82, 2.24) is 4.98 Å². The fraction of sp³-hybridized carbons (Fsp3) is 0.0588. The van der Waals surface area contributed by atoms with Crippen LogP contribution in [0, 0.1) is 6.92 Å². The first-order valence-electron chi connectivity index (χ1n) is 12.7. The molecule has 2 nitrogen and oxygen atoms in total. The Hall–Kier alpha value is -4.21. The number of fused-ring (bicyclic) bond motifs is 5. The van der Waals surface area contributed by atoms with Crippen molar-refractivity contribution in [3.05, 3.63) is 120 Å². The molecule has 37 heavy (non-hydrogen) atoms. The molecular formula is C34H26N2S. The fourth-order valence-electron chi connectivity index (χ4n) is 5.52. The number of para-hydroxylation sites is 2. The molecule has 3 heteroatoms. The van der Waals surface area contributed by atoms with Gasteiger partial charge < -0.3 is 9.88 Å². The van der Waals surface area contributed by atoms with Gasteiger partial charge >= 0.3 is 0 Å². The van der Waals surface area contributed by atoms with Gasteiger partial charge in [0.1, 0.15) is 0 Å². The molecule has 1 aromatic heterocycles. The van der Waals surface area contributed by atoms with E-state index in [0.29, 0.717) is 0 Å². The van der Waals surface area contributed by atoms with E-state index in [2.05, 4.69) is 139 Å². The highest BCUT2D eigenvalue weighted by atomic mass is 32.2. The van der Waals surface area contributed by atoms with Gasteiger partial charge in [-0.25, -0.2) is 0 Å². The van der Waals surface area contributed by atoms with Crippen LogP contribution in [0.1, 0.15) is 18.1 Å². The molecule has 0 amide bonds. The number of H-pyrrole nitrogens is 1. The third-order valence-corrected chi connectivity index (χ3v) is 8.42. The number of aromatic amines is 1. The molecule has 1 aliphatic heterocycles. The predicted octanol–water partition coefficient (Wildman–Crippen LogP) is 10.3. The molecule has 2 heterocycles. The second-order valence-electron chi connectivity index (χ2n) is 9.51. The first-order chi connectivity index (χ1) is 18.2. The number of hydrogen-bond donors (Lipinski definition) is 1. The first-order valence-corrected chi connectivity index (χ1v) is 13.5. The first kappa shape index (κ1) is 22.0. The Balaban J connectivity index is 1.37. The van der Waals surface area contributed by atoms with Gasteiger partial charge in [0.2, 0.25) is 0 Å². The quantitative estimate of drug-likeness (QED) is 0.263. The van der Waals surface area contributed by atoms with Crippen LogP contribution in [0.15, 0.2) is 119 Å². The van der Waals surface area contributed by atoms with Crippen molar-refractivity contribution in [2.75, 3.05) is 4.90 Å². The van der Waals surface area contributed by atoms with Crippen LogP contribution in [0.2, 0.25) is 0 Å². The topological polar surface area (TPSA) is 19.0 Å². The summed E-state index contributed by atoms with van der Waals surface area (Å²) in [5.41, 5.74) is 11.0. The number of nitrogens with one attached hydrogen (secondary N) is 1. The summed E-state index contributed by atoms with van der Waals surface area (Å²) in [5.74, 6) is 0. The minimum Gasteiger partial charge on any atom is -0.354 e. The van der Waals surface area contributed by atoms with E-state index in [1.165, 1.54) is 70.9 Å². The summed E-state index contributed by atoms with van der Waals surface area (Å²) in [6.45, 7) is 4.29. The number of hydrogen-bond acceptors (Lipinski definition) is 2. The summed E-state index contributed by atoms with van der Waals surface area (Å²) in [5, 5.41) is 2.59. The molecule has 1 aliphatic rings. The Morgan fingerprint density at radius 2 is 1.46 bits per heavy atom. The number of benzene rings is 5. The number of rotatable bonds is 3. The highest BCUT2D eigenvalue weighted by Gasteiger charge is 2.25. The number of nitrogens with zero attached hydrogens (tertiary/aromatic N) is 1. The van der Waals surface area contributed by atoms with Crippen LogP contribution in [-0.2, 0) is 0 Å². The summed E-state index contributed by atoms with van der Waals surface area (Å²) in [7, 11) is 0. The van der Waals surface area contributed by atoms with Gasteiger partial charge in [0.15, 0.2) is 0 Å². The normalized spacial score (nSPS) is 12.9. The molecular weight excluding hydrogens is 468 g/mol. The molecule has 1 N–H and O–H groups in total. The fourth-order valence-corrected chi connectivity index (χ4v) is 6.56. The summed E-state index contributed by atoms with van der Waals surface area (Å²) < 4.78 is 0. The molecule has 5 aromatic carbocycles. The number of aromatic nitrogens is 1. The zero-order valence-electron chi connectivity index (χ0n) is 20.8. The minimum atomic E-state index is 1.17. The lowest BCUT2D eigenvalue weighted by molar-refractivity contribution is 1.17. The van der Waals surface area contributed by atoms with Crippen LogP contribution in [-0.4, -0.2) is 4.98 Å². The molecule has 0 radical (unpaired) electrons. The Bertz CT molecular complexity index is 1830. The van der Waals surface area contributed by atoms with Crippen LogP contribution in [0.25, 0.3) is 39.0 Å². The smallest absolute Gasteiger partial charge is 0.0607 e. The molecule has 0 saturated carbocycles. The van der Waals surface area contributed by atoms with E-state index in [9.17, 15) is 0 Å². The molecule has 0 aliphatic carbocycles. The maximum absolute atomic E-state index is 3.67. The highest BCUT2D eigenvalue weighted by molar-refractivity contribution is 7.99. The van der Waals surface area contributed by atoms with Gasteiger partial charge in [0.05, 0.1) is 11.4 Å². The van der Waals surface area contributed by atoms with Crippen molar-refractivity contribution in [2.45, 2.75) is 23.6 Å². The van der Waals surface area contributed by atoms with Gasteiger partial charge in [-0.05, 0) is 84.6 Å². The lowest BCUT2D eigenvalue weighted by atomic mass is 9.99. The van der Waals surface area contributed by atoms with E-state index in [0.717, 1.165) is 0 Å². The van der Waals surface area contributed by atoms with Gasteiger partial charge in [-0.2, -0.15) is 0 Å². The molecule has 0 bridgehead atoms. The van der Waals surface area contributed by atoms with E-state index in [-0.39, 0.29) is 0 Å². The Kier molecular flexibility index (Phi) is 5.19. The second kappa shape index (κ2) is 8.72. The van der Waals surface area contributed by atoms with Crippen LogP contribution in [0.4, 0.5) is 17.1 Å². The number of anilines is 3. The molecule has 0 fully saturated rings. The van der Waals surface area contributed by atoms with Gasteiger partial charge in [-0.3, -0.25) is 0 Å². The van der Waals surface area contributed by atoms with Crippen molar-refractivity contribution < 1.29 is 0 Å². The van der Waals surface area contributed by atoms with E-state index in [1.54, 1.807) is 0 Å². The average Bonchev–Trinajstić information content (AvgIpc) is 3.32. The largest absolute Gasteiger partial charge is 0.354 e. The van der Waals surface area contributed by atoms with Crippen LogP contribution in [0.5, 0.6) is 0 Å². The Labute approximate surface area is 221 Å². The van der Waals surface area contributed by atoms with E-state index >= 15 is 0 Å². The molecule has 178 valence electrons. The molecule has 0 atom stereocenters. The Morgan fingerprint density at radius 3 is 2.32 bits per heavy atom. The van der Waals surface area contributed by atoms with Gasteiger partial charge in [-0.15, -0.1) is 0 Å². The van der Waals surface area contributed by atoms with Gasteiger partial charge in [-0.1, -0.05) is 78.5 Å². The summed E-state index contributed by atoms with van der Waals surface area (Å²) in [6, 6.07) is 37.4. The third-order valence-electron chi connectivity index (χ3n) is 7.29. The summed E-state index contributed by atoms with van der Waals surface area (Å²) in [6.07, 6.45) is 4.29. The van der Waals surface area contributed by atoms with Crippen LogP contribution in [0.3, 0.4) is 0 Å². The third kappa shape index (κ3) is 3.58. The van der Waals surface area contributed by atoms with Crippen molar-refractivity contribution >= 4 is 56.7 Å². The zero-order chi connectivity index (χ0) is 24.9. The maximum Gasteiger partial charge on any atom is 0.0607 e. The molecule has 0 spiro atoms. The van der Waals surface area contributed by atoms with Crippen molar-refractivity contribution in [2.24, 2.45) is 0 Å². The molecule has 7 rings (SSSR count). The molecule has 0 unspecified atom stereocenters. The van der Waals surface area contributed by atoms with E-state index < -0.39 is 0 Å². The minimum absolute atomic E-state index is 1.17. The average molecular weight is 495 g/mol. The molecule has 0 saturated heterocycles. The van der Waals surface area contributed by atoms with Crippen molar-refractivity contribution in [3.63, 3.8) is 0 Å². The molecule has 6 aromatic rings. The van der Waals surface area contributed by atoms with E-state index in [4.69, 9.17) is 0 Å². The zero-order valence-corrected chi connectivity index (χ0v) is 21.6. The van der Waals surface area contributed by atoms with Crippen molar-refractivity contribution in [3.8, 4) is 11.1 Å². The monoisotopic (exact) mass is 494 g/mol. The lowest BCUT2D eigenvalue weighted by Gasteiger charge is -2.33. The van der Waals surface area contributed by atoms with Gasteiger partial charge in [0, 0.05) is 37.3 Å². The SMILES string of the molecule is C/C=C\c1ccc2[nH]c3cc(-c4ccc5c(c4)N(c4ccccc4)c4ccccc4S5)ccc3c2c1C. The standard InChI is InChI=1S/C34H26N2S/c1-3-9-23-15-18-28-34(22(23)2)27-17-14-24(20-29(27)35-28)25-16-19-33-31(21-25)36(26-10-5-4-6-11-26)30-12-7-8-13-32(30)37-33/h3-21,35H,1-2H3/b9-3-. The summed E-state index contributed by atoms with van der Waals surface area (Å²) in [4.78, 5) is 8.60. The van der Waals surface area contributed by atoms with Crippen molar-refractivity contribution in [1.29, 1.82) is 0 Å². The predicted molar refractivity (Wildman–Crippen MR) is 159 cm³/mol. The Morgan fingerprint density at radius 1 is 0.703 bits per heavy atom. The number of aryl methyl sites for hydroxylation is 1. The number of allylic oxidation sites excluding steroid dienone is 1. The second-order valence-corrected chi connectivity index (χ2v) is 10.6.